The maximum Gasteiger partial charge on any atom is 0.408 e. The van der Waals surface area contributed by atoms with E-state index in [1.807, 2.05) is 49.8 Å². The van der Waals surface area contributed by atoms with Crippen molar-refractivity contribution in [1.82, 2.24) is 15.1 Å². The van der Waals surface area contributed by atoms with Crippen molar-refractivity contribution in [3.05, 3.63) is 53.3 Å². The van der Waals surface area contributed by atoms with Crippen LogP contribution in [0.3, 0.4) is 0 Å². The minimum absolute atomic E-state index is 0.0465. The van der Waals surface area contributed by atoms with Crippen LogP contribution in [0.5, 0.6) is 0 Å². The van der Waals surface area contributed by atoms with Gasteiger partial charge in [0, 0.05) is 0 Å². The van der Waals surface area contributed by atoms with Gasteiger partial charge in [-0.2, -0.15) is 5.10 Å². The summed E-state index contributed by atoms with van der Waals surface area (Å²) >= 11 is 0. The van der Waals surface area contributed by atoms with E-state index in [9.17, 15) is 4.79 Å². The molecule has 1 atom stereocenters. The molecule has 0 saturated heterocycles. The molecule has 1 aromatic heterocycles. The Labute approximate surface area is 143 Å². The lowest BCUT2D eigenvalue weighted by Crippen LogP contribution is -2.37. The summed E-state index contributed by atoms with van der Waals surface area (Å²) in [5.41, 5.74) is 3.03. The first-order valence-electron chi connectivity index (χ1n) is 8.50. The van der Waals surface area contributed by atoms with Crippen LogP contribution in [-0.4, -0.2) is 21.5 Å². The molecule has 5 nitrogen and oxygen atoms in total. The van der Waals surface area contributed by atoms with Gasteiger partial charge >= 0.3 is 6.09 Å². The van der Waals surface area contributed by atoms with Crippen molar-refractivity contribution in [1.29, 1.82) is 0 Å². The standard InChI is InChI=1S/C19H25N3O2/c1-19(2,3)24-18(23)21-16-11-7-10-15-12-20-22(17(15)16)13-14-8-5-4-6-9-14/h4-6,8-9,12,16H,7,10-11,13H2,1-3H3,(H,21,23)/t16-/m0/s1. The molecule has 128 valence electrons. The number of benzene rings is 1. The molecule has 1 aromatic carbocycles. The molecule has 1 amide bonds. The van der Waals surface area contributed by atoms with Crippen molar-refractivity contribution >= 4 is 6.09 Å². The van der Waals surface area contributed by atoms with Crippen molar-refractivity contribution in [2.75, 3.05) is 0 Å². The Bertz CT molecular complexity index is 701. The molecule has 1 aliphatic rings. The van der Waals surface area contributed by atoms with Gasteiger partial charge in [0.2, 0.25) is 0 Å². The lowest BCUT2D eigenvalue weighted by molar-refractivity contribution is 0.0496. The molecule has 1 N–H and O–H groups in total. The Hall–Kier alpha value is -2.30. The highest BCUT2D eigenvalue weighted by Gasteiger charge is 2.28. The van der Waals surface area contributed by atoms with Crippen LogP contribution in [0.2, 0.25) is 0 Å². The number of ether oxygens (including phenoxy) is 1. The van der Waals surface area contributed by atoms with Crippen molar-refractivity contribution in [3.63, 3.8) is 0 Å². The number of fused-ring (bicyclic) bond motifs is 1. The maximum atomic E-state index is 12.2. The van der Waals surface area contributed by atoms with Crippen LogP contribution in [0.4, 0.5) is 4.79 Å². The zero-order valence-electron chi connectivity index (χ0n) is 14.6. The topological polar surface area (TPSA) is 56.1 Å². The van der Waals surface area contributed by atoms with E-state index in [1.54, 1.807) is 0 Å². The molecule has 0 fully saturated rings. The molecule has 24 heavy (non-hydrogen) atoms. The predicted molar refractivity (Wildman–Crippen MR) is 92.8 cm³/mol. The van der Waals surface area contributed by atoms with E-state index in [1.165, 1.54) is 11.1 Å². The molecule has 5 heteroatoms. The third-order valence-electron chi connectivity index (χ3n) is 4.10. The van der Waals surface area contributed by atoms with Crippen LogP contribution in [0.25, 0.3) is 0 Å². The Morgan fingerprint density at radius 3 is 2.79 bits per heavy atom. The van der Waals surface area contributed by atoms with Gasteiger partial charge in [-0.1, -0.05) is 30.3 Å². The SMILES string of the molecule is CC(C)(C)OC(=O)N[C@H]1CCCc2cnn(Cc3ccccc3)c21. The summed E-state index contributed by atoms with van der Waals surface area (Å²) < 4.78 is 7.42. The molecule has 0 spiro atoms. The van der Waals surface area contributed by atoms with Crippen LogP contribution in [0.15, 0.2) is 36.5 Å². The summed E-state index contributed by atoms with van der Waals surface area (Å²) in [6.07, 6.45) is 4.53. The van der Waals surface area contributed by atoms with Gasteiger partial charge in [-0.3, -0.25) is 4.68 Å². The first-order chi connectivity index (χ1) is 11.4. The summed E-state index contributed by atoms with van der Waals surface area (Å²) in [4.78, 5) is 12.2. The van der Waals surface area contributed by atoms with E-state index in [4.69, 9.17) is 4.74 Å². The van der Waals surface area contributed by atoms with E-state index in [2.05, 4.69) is 22.5 Å². The summed E-state index contributed by atoms with van der Waals surface area (Å²) in [6.45, 7) is 6.33. The van der Waals surface area contributed by atoms with Crippen molar-refractivity contribution in [2.24, 2.45) is 0 Å². The number of carbonyl (C=O) groups is 1. The van der Waals surface area contributed by atoms with Crippen molar-refractivity contribution < 1.29 is 9.53 Å². The molecule has 3 rings (SSSR count). The summed E-state index contributed by atoms with van der Waals surface area (Å²) in [6, 6.07) is 10.2. The first kappa shape index (κ1) is 16.6. The van der Waals surface area contributed by atoms with Gasteiger partial charge in [0.25, 0.3) is 0 Å². The van der Waals surface area contributed by atoms with Crippen LogP contribution >= 0.6 is 0 Å². The molecule has 0 saturated carbocycles. The van der Waals surface area contributed by atoms with Gasteiger partial charge in [-0.25, -0.2) is 4.79 Å². The number of amides is 1. The molecule has 1 aliphatic carbocycles. The van der Waals surface area contributed by atoms with E-state index in [0.29, 0.717) is 6.54 Å². The number of aryl methyl sites for hydroxylation is 1. The minimum Gasteiger partial charge on any atom is -0.444 e. The number of carbonyl (C=O) groups excluding carboxylic acids is 1. The molecule has 1 heterocycles. The fourth-order valence-corrected chi connectivity index (χ4v) is 3.14. The predicted octanol–water partition coefficient (Wildman–Crippen LogP) is 3.83. The normalized spacial score (nSPS) is 17.2. The van der Waals surface area contributed by atoms with Crippen molar-refractivity contribution in [2.45, 2.75) is 58.2 Å². The Balaban J connectivity index is 1.79. The zero-order chi connectivity index (χ0) is 17.2. The highest BCUT2D eigenvalue weighted by molar-refractivity contribution is 5.68. The summed E-state index contributed by atoms with van der Waals surface area (Å²) in [5.74, 6) is 0. The quantitative estimate of drug-likeness (QED) is 0.932. The van der Waals surface area contributed by atoms with Crippen LogP contribution in [0.1, 0.15) is 56.5 Å². The Morgan fingerprint density at radius 2 is 2.08 bits per heavy atom. The molecular formula is C19H25N3O2. The lowest BCUT2D eigenvalue weighted by atomic mass is 9.93. The van der Waals surface area contributed by atoms with Gasteiger partial charge in [0.15, 0.2) is 0 Å². The Kier molecular flexibility index (Phi) is 4.60. The van der Waals surface area contributed by atoms with Crippen LogP contribution in [-0.2, 0) is 17.7 Å². The molecule has 0 unspecified atom stereocenters. The average Bonchev–Trinajstić information content (AvgIpc) is 2.90. The fraction of sp³-hybridized carbons (Fsp3) is 0.474. The van der Waals surface area contributed by atoms with Crippen LogP contribution in [0, 0.1) is 0 Å². The molecule has 2 aromatic rings. The molecule has 0 aliphatic heterocycles. The average molecular weight is 327 g/mol. The van der Waals surface area contributed by atoms with E-state index in [-0.39, 0.29) is 12.1 Å². The number of alkyl carbamates (subject to hydrolysis) is 1. The number of aromatic nitrogens is 2. The number of nitrogens with one attached hydrogen (secondary N) is 1. The maximum absolute atomic E-state index is 12.2. The van der Waals surface area contributed by atoms with Gasteiger partial charge in [-0.05, 0) is 51.2 Å². The number of rotatable bonds is 3. The summed E-state index contributed by atoms with van der Waals surface area (Å²) in [5, 5.41) is 7.57. The first-order valence-corrected chi connectivity index (χ1v) is 8.50. The van der Waals surface area contributed by atoms with E-state index < -0.39 is 5.60 Å². The highest BCUT2D eigenvalue weighted by atomic mass is 16.6. The third-order valence-corrected chi connectivity index (χ3v) is 4.10. The fourth-order valence-electron chi connectivity index (χ4n) is 3.14. The zero-order valence-corrected chi connectivity index (χ0v) is 14.6. The van der Waals surface area contributed by atoms with Gasteiger partial charge in [-0.15, -0.1) is 0 Å². The van der Waals surface area contributed by atoms with Gasteiger partial charge in [0.1, 0.15) is 5.60 Å². The molecule has 0 radical (unpaired) electrons. The van der Waals surface area contributed by atoms with Crippen molar-refractivity contribution in [3.8, 4) is 0 Å². The number of nitrogens with zero attached hydrogens (tertiary/aromatic N) is 2. The largest absolute Gasteiger partial charge is 0.444 e. The van der Waals surface area contributed by atoms with E-state index in [0.717, 1.165) is 25.0 Å². The molecule has 0 bridgehead atoms. The van der Waals surface area contributed by atoms with Crippen LogP contribution < -0.4 is 5.32 Å². The second-order valence-corrected chi connectivity index (χ2v) is 7.29. The van der Waals surface area contributed by atoms with Gasteiger partial charge < -0.3 is 10.1 Å². The Morgan fingerprint density at radius 1 is 1.33 bits per heavy atom. The smallest absolute Gasteiger partial charge is 0.408 e. The lowest BCUT2D eigenvalue weighted by Gasteiger charge is -2.27. The summed E-state index contributed by atoms with van der Waals surface area (Å²) in [7, 11) is 0. The second kappa shape index (κ2) is 6.67. The molecular weight excluding hydrogens is 302 g/mol. The monoisotopic (exact) mass is 327 g/mol. The second-order valence-electron chi connectivity index (χ2n) is 7.29. The van der Waals surface area contributed by atoms with Gasteiger partial charge in [0.05, 0.1) is 24.5 Å². The van der Waals surface area contributed by atoms with E-state index >= 15 is 0 Å². The number of hydrogen-bond donors (Lipinski definition) is 1. The highest BCUT2D eigenvalue weighted by Crippen LogP contribution is 2.30. The third kappa shape index (κ3) is 3.96. The minimum atomic E-state index is -0.494. The number of hydrogen-bond acceptors (Lipinski definition) is 3.